The largest absolute Gasteiger partial charge is 0.478 e. The summed E-state index contributed by atoms with van der Waals surface area (Å²) in [5.74, 6) is 2.58. The van der Waals surface area contributed by atoms with E-state index >= 15 is 0 Å². The molecule has 0 radical (unpaired) electrons. The van der Waals surface area contributed by atoms with Crippen LogP contribution in [0.5, 0.6) is 0 Å². The van der Waals surface area contributed by atoms with Gasteiger partial charge >= 0.3 is 5.97 Å². The highest BCUT2D eigenvalue weighted by molar-refractivity contribution is 6.01. The number of fused-ring (bicyclic) bond motifs is 3. The fourth-order valence-corrected chi connectivity index (χ4v) is 4.50. The molecule has 0 spiro atoms. The van der Waals surface area contributed by atoms with E-state index in [4.69, 9.17) is 0 Å². The summed E-state index contributed by atoms with van der Waals surface area (Å²) in [5, 5.41) is 9.30. The van der Waals surface area contributed by atoms with Crippen molar-refractivity contribution in [3.8, 4) is 0 Å². The molecule has 4 heteroatoms. The van der Waals surface area contributed by atoms with E-state index in [-0.39, 0.29) is 0 Å². The SMILES string of the molecule is Cc1nc2c(C(=O)O)cccc2n1CC1CC2CCC1C2. The van der Waals surface area contributed by atoms with Gasteiger partial charge in [-0.2, -0.15) is 0 Å². The quantitative estimate of drug-likeness (QED) is 0.938. The first-order chi connectivity index (χ1) is 10.1. The van der Waals surface area contributed by atoms with E-state index in [1.54, 1.807) is 6.07 Å². The molecule has 1 aromatic heterocycles. The number of hydrogen-bond acceptors (Lipinski definition) is 2. The van der Waals surface area contributed by atoms with E-state index in [0.717, 1.165) is 35.6 Å². The summed E-state index contributed by atoms with van der Waals surface area (Å²) in [6.07, 6.45) is 5.52. The molecule has 2 aliphatic rings. The van der Waals surface area contributed by atoms with Gasteiger partial charge in [0.2, 0.25) is 0 Å². The number of imidazole rings is 1. The van der Waals surface area contributed by atoms with Crippen LogP contribution in [0.2, 0.25) is 0 Å². The third-order valence-corrected chi connectivity index (χ3v) is 5.50. The van der Waals surface area contributed by atoms with Crippen LogP contribution in [-0.4, -0.2) is 20.6 Å². The monoisotopic (exact) mass is 284 g/mol. The van der Waals surface area contributed by atoms with E-state index in [0.29, 0.717) is 11.1 Å². The van der Waals surface area contributed by atoms with Crippen molar-refractivity contribution in [3.05, 3.63) is 29.6 Å². The lowest BCUT2D eigenvalue weighted by Crippen LogP contribution is -2.18. The summed E-state index contributed by atoms with van der Waals surface area (Å²) in [6, 6.07) is 5.46. The summed E-state index contributed by atoms with van der Waals surface area (Å²) in [4.78, 5) is 15.9. The smallest absolute Gasteiger partial charge is 0.337 e. The van der Waals surface area contributed by atoms with Crippen molar-refractivity contribution in [2.24, 2.45) is 17.8 Å². The Morgan fingerprint density at radius 1 is 1.38 bits per heavy atom. The van der Waals surface area contributed by atoms with E-state index in [2.05, 4.69) is 9.55 Å². The number of aromatic nitrogens is 2. The van der Waals surface area contributed by atoms with Crippen molar-refractivity contribution in [2.45, 2.75) is 39.2 Å². The number of carboxylic acids is 1. The molecule has 4 nitrogen and oxygen atoms in total. The van der Waals surface area contributed by atoms with Gasteiger partial charge in [-0.1, -0.05) is 12.5 Å². The van der Waals surface area contributed by atoms with Crippen LogP contribution in [0.1, 0.15) is 41.9 Å². The second-order valence-corrected chi connectivity index (χ2v) is 6.68. The topological polar surface area (TPSA) is 55.1 Å². The van der Waals surface area contributed by atoms with Crippen LogP contribution in [0.15, 0.2) is 18.2 Å². The molecule has 2 saturated carbocycles. The van der Waals surface area contributed by atoms with Crippen molar-refractivity contribution in [1.29, 1.82) is 0 Å². The fraction of sp³-hybridized carbons (Fsp3) is 0.529. The fourth-order valence-electron chi connectivity index (χ4n) is 4.50. The lowest BCUT2D eigenvalue weighted by atomic mass is 9.89. The molecule has 110 valence electrons. The van der Waals surface area contributed by atoms with Gasteiger partial charge in [-0.15, -0.1) is 0 Å². The molecular weight excluding hydrogens is 264 g/mol. The van der Waals surface area contributed by atoms with Gasteiger partial charge in [-0.3, -0.25) is 0 Å². The molecule has 1 aromatic carbocycles. The molecule has 0 amide bonds. The minimum absolute atomic E-state index is 0.308. The normalized spacial score (nSPS) is 27.6. The van der Waals surface area contributed by atoms with Crippen LogP contribution in [0.4, 0.5) is 0 Å². The van der Waals surface area contributed by atoms with Crippen molar-refractivity contribution in [1.82, 2.24) is 9.55 Å². The predicted molar refractivity (Wildman–Crippen MR) is 80.4 cm³/mol. The molecule has 2 aliphatic carbocycles. The molecule has 0 aliphatic heterocycles. The molecule has 2 bridgehead atoms. The molecule has 4 rings (SSSR count). The van der Waals surface area contributed by atoms with Gasteiger partial charge in [-0.05, 0) is 56.1 Å². The molecule has 2 aromatic rings. The zero-order chi connectivity index (χ0) is 14.6. The van der Waals surface area contributed by atoms with E-state index in [1.165, 1.54) is 25.7 Å². The number of aromatic carboxylic acids is 1. The highest BCUT2D eigenvalue weighted by Crippen LogP contribution is 2.49. The standard InChI is InChI=1S/C17H20N2O2/c1-10-18-16-14(17(20)21)3-2-4-15(16)19(10)9-13-8-11-5-6-12(13)7-11/h2-4,11-13H,5-9H2,1H3,(H,20,21). The van der Waals surface area contributed by atoms with Gasteiger partial charge in [0, 0.05) is 6.54 Å². The van der Waals surface area contributed by atoms with Crippen molar-refractivity contribution < 1.29 is 9.90 Å². The zero-order valence-electron chi connectivity index (χ0n) is 12.2. The number of hydrogen-bond donors (Lipinski definition) is 1. The Balaban J connectivity index is 1.73. The summed E-state index contributed by atoms with van der Waals surface area (Å²) in [6.45, 7) is 2.98. The summed E-state index contributed by atoms with van der Waals surface area (Å²) in [7, 11) is 0. The van der Waals surface area contributed by atoms with E-state index < -0.39 is 5.97 Å². The van der Waals surface area contributed by atoms with Gasteiger partial charge in [-0.25, -0.2) is 9.78 Å². The van der Waals surface area contributed by atoms with Crippen LogP contribution < -0.4 is 0 Å². The molecule has 3 unspecified atom stereocenters. The number of aryl methyl sites for hydroxylation is 1. The van der Waals surface area contributed by atoms with Crippen LogP contribution >= 0.6 is 0 Å². The van der Waals surface area contributed by atoms with Gasteiger partial charge in [0.05, 0.1) is 11.1 Å². The van der Waals surface area contributed by atoms with E-state index in [1.807, 2.05) is 19.1 Å². The lowest BCUT2D eigenvalue weighted by Gasteiger charge is -2.23. The second kappa shape index (κ2) is 4.58. The number of carboxylic acid groups (broad SMARTS) is 1. The maximum atomic E-state index is 11.3. The first kappa shape index (κ1) is 12.9. The average molecular weight is 284 g/mol. The summed E-state index contributed by atoms with van der Waals surface area (Å²) < 4.78 is 2.23. The van der Waals surface area contributed by atoms with Crippen LogP contribution in [-0.2, 0) is 6.54 Å². The van der Waals surface area contributed by atoms with Crippen LogP contribution in [0, 0.1) is 24.7 Å². The third kappa shape index (κ3) is 1.96. The van der Waals surface area contributed by atoms with Crippen molar-refractivity contribution in [3.63, 3.8) is 0 Å². The molecule has 21 heavy (non-hydrogen) atoms. The minimum atomic E-state index is -0.898. The number of nitrogens with zero attached hydrogens (tertiary/aromatic N) is 2. The Labute approximate surface area is 123 Å². The van der Waals surface area contributed by atoms with Crippen molar-refractivity contribution >= 4 is 17.0 Å². The van der Waals surface area contributed by atoms with Gasteiger partial charge in [0.15, 0.2) is 0 Å². The zero-order valence-corrected chi connectivity index (χ0v) is 12.2. The lowest BCUT2D eigenvalue weighted by molar-refractivity contribution is 0.0699. The third-order valence-electron chi connectivity index (χ3n) is 5.50. The van der Waals surface area contributed by atoms with E-state index in [9.17, 15) is 9.90 Å². The highest BCUT2D eigenvalue weighted by Gasteiger charge is 2.39. The number of para-hydroxylation sites is 1. The molecule has 1 N–H and O–H groups in total. The minimum Gasteiger partial charge on any atom is -0.478 e. The van der Waals surface area contributed by atoms with Crippen molar-refractivity contribution in [2.75, 3.05) is 0 Å². The Bertz CT molecular complexity index is 719. The summed E-state index contributed by atoms with van der Waals surface area (Å²) in [5.41, 5.74) is 1.91. The Kier molecular flexibility index (Phi) is 2.81. The van der Waals surface area contributed by atoms with Gasteiger partial charge < -0.3 is 9.67 Å². The first-order valence-electron chi connectivity index (χ1n) is 7.82. The highest BCUT2D eigenvalue weighted by atomic mass is 16.4. The van der Waals surface area contributed by atoms with Crippen LogP contribution in [0.25, 0.3) is 11.0 Å². The molecule has 1 heterocycles. The number of rotatable bonds is 3. The number of carbonyl (C=O) groups is 1. The Morgan fingerprint density at radius 3 is 2.90 bits per heavy atom. The Morgan fingerprint density at radius 2 is 2.24 bits per heavy atom. The van der Waals surface area contributed by atoms with Crippen LogP contribution in [0.3, 0.4) is 0 Å². The maximum Gasteiger partial charge on any atom is 0.337 e. The predicted octanol–water partition coefficient (Wildman–Crippen LogP) is 3.48. The average Bonchev–Trinajstić information content (AvgIpc) is 3.14. The molecule has 0 saturated heterocycles. The van der Waals surface area contributed by atoms with Gasteiger partial charge in [0.1, 0.15) is 11.3 Å². The number of benzene rings is 1. The molecular formula is C17H20N2O2. The second-order valence-electron chi connectivity index (χ2n) is 6.68. The maximum absolute atomic E-state index is 11.3. The summed E-state index contributed by atoms with van der Waals surface area (Å²) >= 11 is 0. The van der Waals surface area contributed by atoms with Gasteiger partial charge in [0.25, 0.3) is 0 Å². The molecule has 3 atom stereocenters. The first-order valence-corrected chi connectivity index (χ1v) is 7.82. The Hall–Kier alpha value is -1.84. The molecule has 2 fully saturated rings.